The molecule has 0 aliphatic carbocycles. The normalized spacial score (nSPS) is 18.6. The second-order valence-electron chi connectivity index (χ2n) is 3.70. The first kappa shape index (κ1) is 9.45. The van der Waals surface area contributed by atoms with Crippen LogP contribution in [-0.4, -0.2) is 34.7 Å². The zero-order chi connectivity index (χ0) is 9.80. The van der Waals surface area contributed by atoms with E-state index in [0.29, 0.717) is 5.82 Å². The van der Waals surface area contributed by atoms with Crippen LogP contribution in [0, 0.1) is 0 Å². The van der Waals surface area contributed by atoms with Crippen LogP contribution in [0.15, 0.2) is 4.52 Å². The maximum Gasteiger partial charge on any atom is 0.318 e. The summed E-state index contributed by atoms with van der Waals surface area (Å²) in [6.07, 6.45) is 4.83. The molecule has 2 N–H and O–H groups in total. The van der Waals surface area contributed by atoms with Gasteiger partial charge in [-0.2, -0.15) is 4.98 Å². The van der Waals surface area contributed by atoms with Crippen LogP contribution in [0.2, 0.25) is 0 Å². The maximum absolute atomic E-state index is 5.33. The zero-order valence-electron chi connectivity index (χ0n) is 8.28. The molecule has 1 fully saturated rings. The molecule has 1 saturated heterocycles. The van der Waals surface area contributed by atoms with Crippen molar-refractivity contribution in [2.24, 2.45) is 0 Å². The van der Waals surface area contributed by atoms with Crippen molar-refractivity contribution in [3.63, 3.8) is 0 Å². The molecule has 1 aromatic rings. The number of hydrogen-bond acceptors (Lipinski definition) is 5. The van der Waals surface area contributed by atoms with Gasteiger partial charge >= 0.3 is 6.01 Å². The third-order valence-corrected chi connectivity index (χ3v) is 2.58. The lowest BCUT2D eigenvalue weighted by atomic mass is 10.1. The maximum atomic E-state index is 5.33. The average molecular weight is 196 g/mol. The fourth-order valence-electron chi connectivity index (χ4n) is 1.81. The Hall–Kier alpha value is -1.10. The van der Waals surface area contributed by atoms with Crippen molar-refractivity contribution in [1.82, 2.24) is 15.0 Å². The fourth-order valence-corrected chi connectivity index (χ4v) is 1.81. The van der Waals surface area contributed by atoms with Gasteiger partial charge in [-0.1, -0.05) is 11.6 Å². The molecule has 0 saturated carbocycles. The highest BCUT2D eigenvalue weighted by atomic mass is 16.5. The minimum Gasteiger partial charge on any atom is -0.351 e. The highest BCUT2D eigenvalue weighted by Gasteiger charge is 2.11. The summed E-state index contributed by atoms with van der Waals surface area (Å²) in [5.41, 5.74) is 5.33. The molecular weight excluding hydrogens is 180 g/mol. The summed E-state index contributed by atoms with van der Waals surface area (Å²) in [6, 6.07) is 0.165. The number of nitrogens with two attached hydrogens (primary N) is 1. The molecule has 5 nitrogen and oxygen atoms in total. The van der Waals surface area contributed by atoms with Crippen molar-refractivity contribution in [3.8, 4) is 0 Å². The Labute approximate surface area is 83.3 Å². The van der Waals surface area contributed by atoms with Crippen LogP contribution in [0.1, 0.15) is 25.1 Å². The highest BCUT2D eigenvalue weighted by molar-refractivity contribution is 5.07. The first-order valence-corrected chi connectivity index (χ1v) is 5.15. The van der Waals surface area contributed by atoms with Gasteiger partial charge in [-0.05, 0) is 25.9 Å². The fraction of sp³-hybridized carbons (Fsp3) is 0.778. The van der Waals surface area contributed by atoms with E-state index in [0.717, 1.165) is 13.0 Å². The van der Waals surface area contributed by atoms with Crippen LogP contribution < -0.4 is 5.73 Å². The Bertz CT molecular complexity index is 280. The third kappa shape index (κ3) is 2.45. The van der Waals surface area contributed by atoms with Crippen LogP contribution >= 0.6 is 0 Å². The molecule has 1 aliphatic rings. The number of aromatic nitrogens is 2. The van der Waals surface area contributed by atoms with E-state index < -0.39 is 0 Å². The Kier molecular flexibility index (Phi) is 2.98. The number of anilines is 1. The second kappa shape index (κ2) is 4.41. The van der Waals surface area contributed by atoms with Gasteiger partial charge in [0.25, 0.3) is 0 Å². The van der Waals surface area contributed by atoms with Crippen LogP contribution in [0.3, 0.4) is 0 Å². The van der Waals surface area contributed by atoms with Gasteiger partial charge in [-0.15, -0.1) is 0 Å². The van der Waals surface area contributed by atoms with Crippen molar-refractivity contribution in [1.29, 1.82) is 0 Å². The van der Waals surface area contributed by atoms with Crippen molar-refractivity contribution >= 4 is 6.01 Å². The van der Waals surface area contributed by atoms with Gasteiger partial charge in [0.1, 0.15) is 0 Å². The molecule has 0 unspecified atom stereocenters. The van der Waals surface area contributed by atoms with Gasteiger partial charge in [-0.25, -0.2) is 0 Å². The number of nitrogen functional groups attached to an aromatic ring is 1. The molecule has 0 aromatic carbocycles. The van der Waals surface area contributed by atoms with E-state index in [1.165, 1.54) is 32.4 Å². The summed E-state index contributed by atoms with van der Waals surface area (Å²) < 4.78 is 4.70. The van der Waals surface area contributed by atoms with Crippen molar-refractivity contribution < 1.29 is 4.52 Å². The van der Waals surface area contributed by atoms with E-state index in [-0.39, 0.29) is 6.01 Å². The number of likely N-dealkylation sites (tertiary alicyclic amines) is 1. The van der Waals surface area contributed by atoms with E-state index >= 15 is 0 Å². The molecule has 5 heteroatoms. The lowest BCUT2D eigenvalue weighted by Gasteiger charge is -2.25. The Morgan fingerprint density at radius 3 is 2.71 bits per heavy atom. The summed E-state index contributed by atoms with van der Waals surface area (Å²) >= 11 is 0. The van der Waals surface area contributed by atoms with Crippen LogP contribution in [0.4, 0.5) is 6.01 Å². The first-order valence-electron chi connectivity index (χ1n) is 5.15. The van der Waals surface area contributed by atoms with Crippen LogP contribution in [-0.2, 0) is 6.42 Å². The van der Waals surface area contributed by atoms with Crippen molar-refractivity contribution in [3.05, 3.63) is 5.82 Å². The molecule has 1 aromatic heterocycles. The third-order valence-electron chi connectivity index (χ3n) is 2.58. The number of hydrogen-bond donors (Lipinski definition) is 1. The molecule has 0 spiro atoms. The first-order chi connectivity index (χ1) is 6.84. The Balaban J connectivity index is 1.76. The largest absolute Gasteiger partial charge is 0.351 e. The zero-order valence-corrected chi connectivity index (χ0v) is 8.28. The lowest BCUT2D eigenvalue weighted by molar-refractivity contribution is 0.229. The highest BCUT2D eigenvalue weighted by Crippen LogP contribution is 2.09. The summed E-state index contributed by atoms with van der Waals surface area (Å²) in [4.78, 5) is 6.41. The van der Waals surface area contributed by atoms with Gasteiger partial charge in [0.15, 0.2) is 5.82 Å². The summed E-state index contributed by atoms with van der Waals surface area (Å²) in [5, 5.41) is 3.76. The van der Waals surface area contributed by atoms with Crippen LogP contribution in [0.5, 0.6) is 0 Å². The minimum absolute atomic E-state index is 0.165. The predicted molar refractivity (Wildman–Crippen MR) is 52.7 cm³/mol. The standard InChI is InChI=1S/C9H16N4O/c10-9-11-8(12-14-9)4-7-13-5-2-1-3-6-13/h1-7H2,(H2,10,11,12). The predicted octanol–water partition coefficient (Wildman–Crippen LogP) is 0.680. The number of nitrogens with zero attached hydrogens (tertiary/aromatic N) is 3. The van der Waals surface area contributed by atoms with Crippen molar-refractivity contribution in [2.75, 3.05) is 25.4 Å². The van der Waals surface area contributed by atoms with E-state index in [2.05, 4.69) is 15.0 Å². The molecule has 0 amide bonds. The van der Waals surface area contributed by atoms with Gasteiger partial charge in [0.05, 0.1) is 0 Å². The van der Waals surface area contributed by atoms with E-state index in [9.17, 15) is 0 Å². The second-order valence-corrected chi connectivity index (χ2v) is 3.70. The minimum atomic E-state index is 0.165. The van der Waals surface area contributed by atoms with Crippen LogP contribution in [0.25, 0.3) is 0 Å². The SMILES string of the molecule is Nc1nc(CCN2CCCCC2)no1. The van der Waals surface area contributed by atoms with Gasteiger partial charge < -0.3 is 15.2 Å². The smallest absolute Gasteiger partial charge is 0.318 e. The average Bonchev–Trinajstić information content (AvgIpc) is 2.63. The summed E-state index contributed by atoms with van der Waals surface area (Å²) in [6.45, 7) is 3.42. The quantitative estimate of drug-likeness (QED) is 0.770. The summed E-state index contributed by atoms with van der Waals surface area (Å²) in [5.74, 6) is 0.716. The Morgan fingerprint density at radius 2 is 2.07 bits per heavy atom. The van der Waals surface area contributed by atoms with E-state index in [1.54, 1.807) is 0 Å². The monoisotopic (exact) mass is 196 g/mol. The molecule has 14 heavy (non-hydrogen) atoms. The molecular formula is C9H16N4O. The molecule has 2 heterocycles. The molecule has 0 radical (unpaired) electrons. The molecule has 0 bridgehead atoms. The van der Waals surface area contributed by atoms with Gasteiger partial charge in [0.2, 0.25) is 0 Å². The summed E-state index contributed by atoms with van der Waals surface area (Å²) in [7, 11) is 0. The number of piperidine rings is 1. The molecule has 78 valence electrons. The molecule has 2 rings (SSSR count). The van der Waals surface area contributed by atoms with E-state index in [4.69, 9.17) is 10.3 Å². The topological polar surface area (TPSA) is 68.2 Å². The van der Waals surface area contributed by atoms with Gasteiger partial charge in [0, 0.05) is 13.0 Å². The number of rotatable bonds is 3. The van der Waals surface area contributed by atoms with E-state index in [1.807, 2.05) is 0 Å². The van der Waals surface area contributed by atoms with Crippen molar-refractivity contribution in [2.45, 2.75) is 25.7 Å². The lowest BCUT2D eigenvalue weighted by Crippen LogP contribution is -2.31. The molecule has 1 aliphatic heterocycles. The van der Waals surface area contributed by atoms with Gasteiger partial charge in [-0.3, -0.25) is 0 Å². The molecule has 0 atom stereocenters. The Morgan fingerprint density at radius 1 is 1.29 bits per heavy atom.